The van der Waals surface area contributed by atoms with Crippen molar-refractivity contribution in [3.8, 4) is 0 Å². The number of ether oxygens (including phenoxy) is 1. The largest absolute Gasteiger partial charge is 0.481 e. The van der Waals surface area contributed by atoms with Crippen LogP contribution in [0.1, 0.15) is 5.56 Å². The van der Waals surface area contributed by atoms with Crippen LogP contribution in [0.15, 0.2) is 23.4 Å². The zero-order valence-corrected chi connectivity index (χ0v) is 12.2. The molecule has 0 aliphatic heterocycles. The SMILES string of the molecule is Cc1ccc2c(c1)nc(SCC(=O)O)n2CCOC(N)=O. The van der Waals surface area contributed by atoms with Crippen molar-refractivity contribution in [3.63, 3.8) is 0 Å². The van der Waals surface area contributed by atoms with Crippen LogP contribution in [-0.4, -0.2) is 39.1 Å². The van der Waals surface area contributed by atoms with Crippen molar-refractivity contribution in [1.29, 1.82) is 0 Å². The van der Waals surface area contributed by atoms with E-state index >= 15 is 0 Å². The minimum atomic E-state index is -0.914. The molecule has 0 atom stereocenters. The highest BCUT2D eigenvalue weighted by atomic mass is 32.2. The number of aliphatic carboxylic acids is 1. The molecular formula is C13H15N3O4S. The number of aromatic nitrogens is 2. The molecule has 0 aliphatic rings. The van der Waals surface area contributed by atoms with Gasteiger partial charge in [0.25, 0.3) is 0 Å². The second kappa shape index (κ2) is 6.49. The molecule has 8 heteroatoms. The molecule has 1 heterocycles. The quantitative estimate of drug-likeness (QED) is 0.785. The maximum absolute atomic E-state index is 10.7. The van der Waals surface area contributed by atoms with E-state index in [4.69, 9.17) is 15.6 Å². The number of nitrogens with zero attached hydrogens (tertiary/aromatic N) is 2. The van der Waals surface area contributed by atoms with Gasteiger partial charge in [0.1, 0.15) is 6.61 Å². The van der Waals surface area contributed by atoms with Gasteiger partial charge in [-0.15, -0.1) is 0 Å². The molecular weight excluding hydrogens is 294 g/mol. The summed E-state index contributed by atoms with van der Waals surface area (Å²) in [5, 5.41) is 9.36. The summed E-state index contributed by atoms with van der Waals surface area (Å²) in [5.41, 5.74) is 7.64. The summed E-state index contributed by atoms with van der Waals surface area (Å²) in [7, 11) is 0. The molecule has 2 aromatic rings. The third kappa shape index (κ3) is 3.88. The average Bonchev–Trinajstić information content (AvgIpc) is 2.73. The number of amides is 1. The normalized spacial score (nSPS) is 10.7. The van der Waals surface area contributed by atoms with E-state index in [2.05, 4.69) is 4.98 Å². The average molecular weight is 309 g/mol. The van der Waals surface area contributed by atoms with E-state index in [-0.39, 0.29) is 12.4 Å². The van der Waals surface area contributed by atoms with E-state index in [0.717, 1.165) is 28.4 Å². The first-order valence-electron chi connectivity index (χ1n) is 6.21. The van der Waals surface area contributed by atoms with Gasteiger partial charge in [0.2, 0.25) is 0 Å². The molecule has 0 unspecified atom stereocenters. The third-order valence-corrected chi connectivity index (χ3v) is 3.71. The van der Waals surface area contributed by atoms with Gasteiger partial charge in [-0.25, -0.2) is 9.78 Å². The number of carboxylic acids is 1. The Balaban J connectivity index is 2.29. The highest BCUT2D eigenvalue weighted by Gasteiger charge is 2.13. The fraction of sp³-hybridized carbons (Fsp3) is 0.308. The van der Waals surface area contributed by atoms with E-state index in [1.165, 1.54) is 0 Å². The van der Waals surface area contributed by atoms with E-state index in [1.54, 1.807) is 0 Å². The number of primary amides is 1. The lowest BCUT2D eigenvalue weighted by atomic mass is 10.2. The summed E-state index contributed by atoms with van der Waals surface area (Å²) in [6.07, 6.45) is -0.838. The van der Waals surface area contributed by atoms with Crippen LogP contribution in [0, 0.1) is 6.92 Å². The van der Waals surface area contributed by atoms with Crippen molar-refractivity contribution in [1.82, 2.24) is 9.55 Å². The number of hydrogen-bond acceptors (Lipinski definition) is 5. The molecule has 2 rings (SSSR count). The van der Waals surface area contributed by atoms with Gasteiger partial charge in [0.15, 0.2) is 5.16 Å². The van der Waals surface area contributed by atoms with Gasteiger partial charge in [-0.3, -0.25) is 4.79 Å². The monoisotopic (exact) mass is 309 g/mol. The molecule has 0 aliphatic carbocycles. The summed E-state index contributed by atoms with van der Waals surface area (Å²) in [4.78, 5) is 25.8. The van der Waals surface area contributed by atoms with Crippen LogP contribution in [0.25, 0.3) is 11.0 Å². The van der Waals surface area contributed by atoms with Crippen molar-refractivity contribution in [2.75, 3.05) is 12.4 Å². The Morgan fingerprint density at radius 3 is 2.90 bits per heavy atom. The van der Waals surface area contributed by atoms with Gasteiger partial charge >= 0.3 is 12.1 Å². The number of thioether (sulfide) groups is 1. The van der Waals surface area contributed by atoms with Crippen LogP contribution in [0.3, 0.4) is 0 Å². The van der Waals surface area contributed by atoms with Crippen LogP contribution in [-0.2, 0) is 16.1 Å². The van der Waals surface area contributed by atoms with Crippen molar-refractivity contribution < 1.29 is 19.4 Å². The zero-order valence-electron chi connectivity index (χ0n) is 11.4. The Labute approximate surface area is 125 Å². The maximum Gasteiger partial charge on any atom is 0.404 e. The van der Waals surface area contributed by atoms with Gasteiger partial charge in [-0.05, 0) is 24.6 Å². The summed E-state index contributed by atoms with van der Waals surface area (Å²) in [6, 6.07) is 5.78. The van der Waals surface area contributed by atoms with Crippen LogP contribution in [0.4, 0.5) is 4.79 Å². The van der Waals surface area contributed by atoms with Gasteiger partial charge in [0.05, 0.1) is 23.3 Å². The number of carboxylic acid groups (broad SMARTS) is 1. The number of fused-ring (bicyclic) bond motifs is 1. The van der Waals surface area contributed by atoms with E-state index in [1.807, 2.05) is 29.7 Å². The highest BCUT2D eigenvalue weighted by Crippen LogP contribution is 2.24. The summed E-state index contributed by atoms with van der Waals surface area (Å²) in [5.74, 6) is -0.998. The van der Waals surface area contributed by atoms with Crippen LogP contribution < -0.4 is 5.73 Å². The predicted molar refractivity (Wildman–Crippen MR) is 78.4 cm³/mol. The molecule has 1 amide bonds. The van der Waals surface area contributed by atoms with Crippen molar-refractivity contribution >= 4 is 34.9 Å². The Kier molecular flexibility index (Phi) is 4.69. The summed E-state index contributed by atoms with van der Waals surface area (Å²) in [6.45, 7) is 2.43. The maximum atomic E-state index is 10.7. The van der Waals surface area contributed by atoms with Gasteiger partial charge < -0.3 is 20.1 Å². The summed E-state index contributed by atoms with van der Waals surface area (Å²) >= 11 is 1.13. The number of aryl methyl sites for hydroxylation is 1. The highest BCUT2D eigenvalue weighted by molar-refractivity contribution is 7.99. The standard InChI is InChI=1S/C13H15N3O4S/c1-8-2-3-10-9(6-8)15-13(21-7-11(17)18)16(10)4-5-20-12(14)19/h2-3,6H,4-5,7H2,1H3,(H2,14,19)(H,17,18). The van der Waals surface area contributed by atoms with Gasteiger partial charge in [-0.2, -0.15) is 0 Å². The molecule has 0 radical (unpaired) electrons. The molecule has 1 aromatic carbocycles. The Morgan fingerprint density at radius 2 is 2.24 bits per heavy atom. The van der Waals surface area contributed by atoms with Crippen LogP contribution in [0.2, 0.25) is 0 Å². The lowest BCUT2D eigenvalue weighted by molar-refractivity contribution is -0.133. The molecule has 112 valence electrons. The predicted octanol–water partition coefficient (Wildman–Crippen LogP) is 1.62. The number of imidazole rings is 1. The van der Waals surface area contributed by atoms with E-state index in [9.17, 15) is 9.59 Å². The fourth-order valence-electron chi connectivity index (χ4n) is 1.91. The minimum Gasteiger partial charge on any atom is -0.481 e. The molecule has 0 saturated carbocycles. The second-order valence-electron chi connectivity index (χ2n) is 4.39. The smallest absolute Gasteiger partial charge is 0.404 e. The van der Waals surface area contributed by atoms with Gasteiger partial charge in [0, 0.05) is 0 Å². The van der Waals surface area contributed by atoms with Gasteiger partial charge in [-0.1, -0.05) is 17.8 Å². The molecule has 0 spiro atoms. The number of carbonyl (C=O) groups is 2. The number of rotatable bonds is 6. The number of carbonyl (C=O) groups excluding carboxylic acids is 1. The van der Waals surface area contributed by atoms with E-state index in [0.29, 0.717) is 11.7 Å². The Hall–Kier alpha value is -2.22. The molecule has 0 saturated heterocycles. The van der Waals surface area contributed by atoms with Crippen molar-refractivity contribution in [2.45, 2.75) is 18.6 Å². The topological polar surface area (TPSA) is 107 Å². The number of hydrogen-bond donors (Lipinski definition) is 2. The van der Waals surface area contributed by atoms with E-state index < -0.39 is 12.1 Å². The Bertz CT molecular complexity index is 683. The third-order valence-electron chi connectivity index (χ3n) is 2.75. The molecule has 3 N–H and O–H groups in total. The first-order valence-corrected chi connectivity index (χ1v) is 7.19. The van der Waals surface area contributed by atoms with Crippen molar-refractivity contribution in [2.24, 2.45) is 5.73 Å². The zero-order chi connectivity index (χ0) is 15.4. The van der Waals surface area contributed by atoms with Crippen LogP contribution >= 0.6 is 11.8 Å². The lowest BCUT2D eigenvalue weighted by Crippen LogP contribution is -2.17. The second-order valence-corrected chi connectivity index (χ2v) is 5.33. The fourth-order valence-corrected chi connectivity index (χ4v) is 2.67. The van der Waals surface area contributed by atoms with Crippen LogP contribution in [0.5, 0.6) is 0 Å². The molecule has 0 fully saturated rings. The van der Waals surface area contributed by atoms with Crippen molar-refractivity contribution in [3.05, 3.63) is 23.8 Å². The molecule has 7 nitrogen and oxygen atoms in total. The molecule has 1 aromatic heterocycles. The summed E-state index contributed by atoms with van der Waals surface area (Å²) < 4.78 is 6.56. The molecule has 0 bridgehead atoms. The molecule has 21 heavy (non-hydrogen) atoms. The Morgan fingerprint density at radius 1 is 1.48 bits per heavy atom. The lowest BCUT2D eigenvalue weighted by Gasteiger charge is -2.08. The first-order chi connectivity index (χ1) is 9.97. The number of nitrogens with two attached hydrogens (primary N) is 1. The minimum absolute atomic E-state index is 0.0843. The first kappa shape index (κ1) is 15.2. The number of benzene rings is 1.